The molecule has 14 heteroatoms. The molecule has 2 aliphatic rings. The van der Waals surface area contributed by atoms with Crippen LogP contribution in [0.2, 0.25) is 0 Å². The number of alkyl halides is 6. The Bertz CT molecular complexity index is 1470. The van der Waals surface area contributed by atoms with Gasteiger partial charge in [0, 0.05) is 23.2 Å². The first-order chi connectivity index (χ1) is 17.9. The minimum Gasteiger partial charge on any atom is -0.339 e. The molecule has 1 saturated heterocycles. The van der Waals surface area contributed by atoms with Crippen LogP contribution in [0.15, 0.2) is 46.3 Å². The molecule has 4 rings (SSSR count). The number of pyridine rings is 1. The third-order valence-electron chi connectivity index (χ3n) is 7.27. The lowest BCUT2D eigenvalue weighted by Gasteiger charge is -2.36. The fourth-order valence-electron chi connectivity index (χ4n) is 4.67. The van der Waals surface area contributed by atoms with Gasteiger partial charge in [0.15, 0.2) is 14.9 Å². The van der Waals surface area contributed by atoms with Crippen LogP contribution in [0.25, 0.3) is 0 Å². The van der Waals surface area contributed by atoms with Crippen LogP contribution in [0.1, 0.15) is 54.2 Å². The summed E-state index contributed by atoms with van der Waals surface area (Å²) in [4.78, 5) is 17.9. The minimum atomic E-state index is -4.90. The number of sulfone groups is 1. The predicted octanol–water partition coefficient (Wildman–Crippen LogP) is 5.07. The number of hydrogen-bond donors (Lipinski definition) is 0. The summed E-state index contributed by atoms with van der Waals surface area (Å²) in [6.45, 7) is 1.78. The zero-order valence-corrected chi connectivity index (χ0v) is 22.4. The van der Waals surface area contributed by atoms with Crippen LogP contribution >= 0.6 is 0 Å². The number of aromatic nitrogens is 1. The molecule has 6 nitrogen and oxygen atoms in total. The number of benzene rings is 1. The van der Waals surface area contributed by atoms with Crippen molar-refractivity contribution in [3.8, 4) is 0 Å². The van der Waals surface area contributed by atoms with E-state index in [-0.39, 0.29) is 49.6 Å². The van der Waals surface area contributed by atoms with Gasteiger partial charge in [-0.15, -0.1) is 0 Å². The van der Waals surface area contributed by atoms with E-state index >= 15 is 0 Å². The van der Waals surface area contributed by atoms with E-state index in [1.54, 1.807) is 6.92 Å². The summed E-state index contributed by atoms with van der Waals surface area (Å²) in [7, 11) is -7.39. The first kappa shape index (κ1) is 29.4. The number of hydrogen-bond acceptors (Lipinski definition) is 5. The van der Waals surface area contributed by atoms with Crippen molar-refractivity contribution in [3.63, 3.8) is 0 Å². The Morgan fingerprint density at radius 1 is 0.974 bits per heavy atom. The molecule has 1 aromatic carbocycles. The van der Waals surface area contributed by atoms with Crippen molar-refractivity contribution >= 4 is 31.1 Å². The second-order valence-corrected chi connectivity index (χ2v) is 14.7. The first-order valence-corrected chi connectivity index (χ1v) is 15.4. The Labute approximate surface area is 222 Å². The molecule has 0 N–H and O–H groups in total. The van der Waals surface area contributed by atoms with Crippen molar-refractivity contribution in [3.05, 3.63) is 53.2 Å². The van der Waals surface area contributed by atoms with Gasteiger partial charge in [-0.3, -0.25) is 9.00 Å². The van der Waals surface area contributed by atoms with E-state index in [0.29, 0.717) is 6.07 Å². The standard InChI is InChI=1S/C25H26F6N2O4S2/c1-15(38(2,35)19-5-3-4-17(14-19)24(26,27)28)16-10-12-33(13-11-16)23(34)20-8-9-21(25(29,30)31)32-22(20)39(36,37)18-6-7-18/h3-5,8-9,14-16,18H,2,6-7,10-13H2,1H3. The third-order valence-corrected chi connectivity index (χ3v) is 12.1. The molecule has 214 valence electrons. The molecule has 1 saturated carbocycles. The van der Waals surface area contributed by atoms with Crippen LogP contribution < -0.4 is 0 Å². The largest absolute Gasteiger partial charge is 0.433 e. The summed E-state index contributed by atoms with van der Waals surface area (Å²) in [5.74, 6) is 2.68. The van der Waals surface area contributed by atoms with Gasteiger partial charge in [-0.1, -0.05) is 13.0 Å². The molecule has 2 heterocycles. The fraction of sp³-hybridized carbons (Fsp3) is 0.480. The Morgan fingerprint density at radius 3 is 2.13 bits per heavy atom. The zero-order chi connectivity index (χ0) is 29.0. The summed E-state index contributed by atoms with van der Waals surface area (Å²) >= 11 is 0. The van der Waals surface area contributed by atoms with E-state index in [1.807, 2.05) is 0 Å². The fourth-order valence-corrected chi connectivity index (χ4v) is 8.39. The maximum absolute atomic E-state index is 13.5. The van der Waals surface area contributed by atoms with Gasteiger partial charge in [0.1, 0.15) is 5.69 Å². The predicted molar refractivity (Wildman–Crippen MR) is 133 cm³/mol. The maximum atomic E-state index is 13.5. The summed E-state index contributed by atoms with van der Waals surface area (Å²) in [5.41, 5.74) is -2.79. The molecule has 2 aromatic rings. The van der Waals surface area contributed by atoms with Crippen molar-refractivity contribution in [1.29, 1.82) is 0 Å². The van der Waals surface area contributed by atoms with Crippen molar-refractivity contribution in [2.24, 2.45) is 5.92 Å². The SMILES string of the molecule is C=S(=O)(c1cccc(C(F)(F)F)c1)C(C)C1CCN(C(=O)c2ccc(C(F)(F)F)nc2S(=O)(=O)C2CC2)CC1. The smallest absolute Gasteiger partial charge is 0.339 e. The van der Waals surface area contributed by atoms with Gasteiger partial charge in [-0.2, -0.15) is 26.3 Å². The van der Waals surface area contributed by atoms with E-state index in [4.69, 9.17) is 0 Å². The molecule has 1 aromatic heterocycles. The normalized spacial score (nSPS) is 19.9. The van der Waals surface area contributed by atoms with Crippen LogP contribution in [0.3, 0.4) is 0 Å². The maximum Gasteiger partial charge on any atom is 0.433 e. The van der Waals surface area contributed by atoms with Gasteiger partial charge in [0.05, 0.1) is 16.4 Å². The van der Waals surface area contributed by atoms with E-state index in [1.165, 1.54) is 17.0 Å². The number of carbonyl (C=O) groups is 1. The zero-order valence-electron chi connectivity index (χ0n) is 20.8. The summed E-state index contributed by atoms with van der Waals surface area (Å²) in [6, 6.07) is 5.60. The molecule has 1 aliphatic heterocycles. The third kappa shape index (κ3) is 5.96. The number of piperidine rings is 1. The van der Waals surface area contributed by atoms with E-state index in [0.717, 1.165) is 18.2 Å². The van der Waals surface area contributed by atoms with Gasteiger partial charge in [-0.25, -0.2) is 13.4 Å². The van der Waals surface area contributed by atoms with Crippen molar-refractivity contribution < 1.29 is 43.8 Å². The monoisotopic (exact) mass is 596 g/mol. The molecule has 1 amide bonds. The number of amides is 1. The second kappa shape index (κ2) is 10.1. The average molecular weight is 597 g/mol. The highest BCUT2D eigenvalue weighted by molar-refractivity contribution is 8.00. The van der Waals surface area contributed by atoms with Gasteiger partial charge in [-0.05, 0) is 77.3 Å². The molecular weight excluding hydrogens is 570 g/mol. The summed E-state index contributed by atoms with van der Waals surface area (Å²) in [5, 5.41) is -2.41. The molecule has 1 aliphatic carbocycles. The number of rotatable bonds is 6. The lowest BCUT2D eigenvalue weighted by atomic mass is 9.93. The highest BCUT2D eigenvalue weighted by atomic mass is 32.2. The lowest BCUT2D eigenvalue weighted by molar-refractivity contribution is -0.141. The van der Waals surface area contributed by atoms with E-state index in [2.05, 4.69) is 10.9 Å². The van der Waals surface area contributed by atoms with Gasteiger partial charge >= 0.3 is 12.4 Å². The second-order valence-electron chi connectivity index (χ2n) is 9.88. The quantitative estimate of drug-likeness (QED) is 0.344. The van der Waals surface area contributed by atoms with Crippen LogP contribution in [0, 0.1) is 5.92 Å². The van der Waals surface area contributed by atoms with Crippen LogP contribution in [0.4, 0.5) is 26.3 Å². The minimum absolute atomic E-state index is 0.0333. The molecule has 2 atom stereocenters. The van der Waals surface area contributed by atoms with Gasteiger partial charge in [0.2, 0.25) is 0 Å². The Morgan fingerprint density at radius 2 is 1.59 bits per heavy atom. The number of halogens is 6. The molecular formula is C25H26F6N2O4S2. The summed E-state index contributed by atoms with van der Waals surface area (Å²) in [6.07, 6.45) is -8.39. The highest BCUT2D eigenvalue weighted by Crippen LogP contribution is 2.38. The Hall–Kier alpha value is -2.61. The molecule has 0 bridgehead atoms. The topological polar surface area (TPSA) is 84.4 Å². The van der Waals surface area contributed by atoms with Gasteiger partial charge < -0.3 is 4.90 Å². The molecule has 2 unspecified atom stereocenters. The van der Waals surface area contributed by atoms with Crippen molar-refractivity contribution in [1.82, 2.24) is 9.88 Å². The molecule has 2 fully saturated rings. The lowest BCUT2D eigenvalue weighted by Crippen LogP contribution is -2.42. The van der Waals surface area contributed by atoms with Crippen molar-refractivity contribution in [2.75, 3.05) is 13.1 Å². The Balaban J connectivity index is 1.53. The molecule has 0 spiro atoms. The molecule has 39 heavy (non-hydrogen) atoms. The average Bonchev–Trinajstić information content (AvgIpc) is 3.73. The number of nitrogens with zero attached hydrogens (tertiary/aromatic N) is 2. The first-order valence-electron chi connectivity index (χ1n) is 12.1. The summed E-state index contributed by atoms with van der Waals surface area (Å²) < 4.78 is 118. The molecule has 0 radical (unpaired) electrons. The Kier molecular flexibility index (Phi) is 7.60. The highest BCUT2D eigenvalue weighted by Gasteiger charge is 2.43. The van der Waals surface area contributed by atoms with E-state index < -0.39 is 70.0 Å². The number of carbonyl (C=O) groups excluding carboxylic acids is 1. The van der Waals surface area contributed by atoms with Gasteiger partial charge in [0.25, 0.3) is 5.91 Å². The van der Waals surface area contributed by atoms with Crippen LogP contribution in [-0.4, -0.2) is 57.9 Å². The van der Waals surface area contributed by atoms with E-state index in [9.17, 15) is 43.8 Å². The number of likely N-dealkylation sites (tertiary alicyclic amines) is 1. The van der Waals surface area contributed by atoms with Crippen molar-refractivity contribution in [2.45, 2.75) is 65.4 Å². The van der Waals surface area contributed by atoms with Crippen LogP contribution in [0.5, 0.6) is 0 Å². The van der Waals surface area contributed by atoms with Crippen LogP contribution in [-0.2, 0) is 31.7 Å².